The Labute approximate surface area is 123 Å². The van der Waals surface area contributed by atoms with Crippen LogP contribution in [0.25, 0.3) is 0 Å². The smallest absolute Gasteiger partial charge is 0.125 e. The first-order chi connectivity index (χ1) is 9.60. The molecule has 0 aliphatic carbocycles. The molecule has 0 bridgehead atoms. The molecule has 0 spiro atoms. The van der Waals surface area contributed by atoms with Crippen molar-refractivity contribution >= 4 is 5.69 Å². The fourth-order valence-electron chi connectivity index (χ4n) is 2.63. The first-order valence-corrected chi connectivity index (χ1v) is 7.82. The highest BCUT2D eigenvalue weighted by Crippen LogP contribution is 2.29. The quantitative estimate of drug-likeness (QED) is 0.733. The molecule has 1 aromatic carbocycles. The summed E-state index contributed by atoms with van der Waals surface area (Å²) >= 11 is 0. The maximum atomic E-state index is 13.4. The van der Waals surface area contributed by atoms with E-state index in [4.69, 9.17) is 0 Å². The van der Waals surface area contributed by atoms with Crippen LogP contribution in [-0.2, 0) is 0 Å². The highest BCUT2D eigenvalue weighted by Gasteiger charge is 2.28. The Morgan fingerprint density at radius 3 is 2.35 bits per heavy atom. The topological polar surface area (TPSA) is 15.3 Å². The Hall–Kier alpha value is -1.09. The largest absolute Gasteiger partial charge is 0.371 e. The summed E-state index contributed by atoms with van der Waals surface area (Å²) in [4.78, 5) is 2.29. The summed E-state index contributed by atoms with van der Waals surface area (Å²) in [6.07, 6.45) is 2.25. The van der Waals surface area contributed by atoms with Gasteiger partial charge in [-0.05, 0) is 49.9 Å². The SMILES string of the molecule is CCNCC(CC)(CC)CN(CC)c1cccc(F)c1. The van der Waals surface area contributed by atoms with Gasteiger partial charge in [0.25, 0.3) is 0 Å². The highest BCUT2D eigenvalue weighted by molar-refractivity contribution is 5.46. The van der Waals surface area contributed by atoms with Crippen molar-refractivity contribution in [3.8, 4) is 0 Å². The van der Waals surface area contributed by atoms with E-state index >= 15 is 0 Å². The molecular formula is C17H29FN2. The van der Waals surface area contributed by atoms with Crippen molar-refractivity contribution in [3.05, 3.63) is 30.1 Å². The fourth-order valence-corrected chi connectivity index (χ4v) is 2.63. The van der Waals surface area contributed by atoms with Gasteiger partial charge < -0.3 is 10.2 Å². The molecule has 0 saturated heterocycles. The van der Waals surface area contributed by atoms with E-state index in [1.54, 1.807) is 12.1 Å². The van der Waals surface area contributed by atoms with Gasteiger partial charge >= 0.3 is 0 Å². The van der Waals surface area contributed by atoms with Crippen molar-refractivity contribution in [2.45, 2.75) is 40.5 Å². The Kier molecular flexibility index (Phi) is 7.00. The monoisotopic (exact) mass is 280 g/mol. The molecular weight excluding hydrogens is 251 g/mol. The number of nitrogens with zero attached hydrogens (tertiary/aromatic N) is 1. The van der Waals surface area contributed by atoms with Gasteiger partial charge in [0.05, 0.1) is 0 Å². The zero-order chi connectivity index (χ0) is 15.0. The maximum absolute atomic E-state index is 13.4. The predicted octanol–water partition coefficient (Wildman–Crippen LogP) is 4.07. The van der Waals surface area contributed by atoms with Gasteiger partial charge in [0, 0.05) is 25.3 Å². The third-order valence-corrected chi connectivity index (χ3v) is 4.33. The van der Waals surface area contributed by atoms with Crippen molar-refractivity contribution in [1.82, 2.24) is 5.32 Å². The Balaban J connectivity index is 2.88. The Morgan fingerprint density at radius 2 is 1.85 bits per heavy atom. The van der Waals surface area contributed by atoms with Crippen LogP contribution in [0, 0.1) is 11.2 Å². The minimum Gasteiger partial charge on any atom is -0.371 e. The zero-order valence-corrected chi connectivity index (χ0v) is 13.4. The van der Waals surface area contributed by atoms with E-state index in [2.05, 4.69) is 37.9 Å². The average Bonchev–Trinajstić information content (AvgIpc) is 2.48. The van der Waals surface area contributed by atoms with E-state index in [0.29, 0.717) is 0 Å². The summed E-state index contributed by atoms with van der Waals surface area (Å²) in [5, 5.41) is 3.48. The van der Waals surface area contributed by atoms with Gasteiger partial charge in [0.2, 0.25) is 0 Å². The lowest BCUT2D eigenvalue weighted by molar-refractivity contribution is 0.255. The summed E-state index contributed by atoms with van der Waals surface area (Å²) < 4.78 is 13.4. The van der Waals surface area contributed by atoms with Crippen molar-refractivity contribution in [3.63, 3.8) is 0 Å². The number of halogens is 1. The predicted molar refractivity (Wildman–Crippen MR) is 85.8 cm³/mol. The maximum Gasteiger partial charge on any atom is 0.125 e. The molecule has 0 atom stereocenters. The molecule has 0 aromatic heterocycles. The van der Waals surface area contributed by atoms with Gasteiger partial charge in [0.15, 0.2) is 0 Å². The molecule has 2 nitrogen and oxygen atoms in total. The minimum atomic E-state index is -0.161. The van der Waals surface area contributed by atoms with Crippen LogP contribution in [0.5, 0.6) is 0 Å². The molecule has 0 unspecified atom stereocenters. The van der Waals surface area contributed by atoms with Gasteiger partial charge in [-0.25, -0.2) is 4.39 Å². The second-order valence-corrected chi connectivity index (χ2v) is 5.48. The van der Waals surface area contributed by atoms with Crippen molar-refractivity contribution in [1.29, 1.82) is 0 Å². The number of benzene rings is 1. The van der Waals surface area contributed by atoms with E-state index in [1.807, 2.05) is 6.07 Å². The molecule has 1 N–H and O–H groups in total. The number of rotatable bonds is 9. The minimum absolute atomic E-state index is 0.161. The third-order valence-electron chi connectivity index (χ3n) is 4.33. The summed E-state index contributed by atoms with van der Waals surface area (Å²) in [6, 6.07) is 6.92. The molecule has 0 aliphatic rings. The molecule has 0 heterocycles. The lowest BCUT2D eigenvalue weighted by Gasteiger charge is -2.38. The van der Waals surface area contributed by atoms with Crippen LogP contribution in [0.15, 0.2) is 24.3 Å². The van der Waals surface area contributed by atoms with E-state index in [-0.39, 0.29) is 11.2 Å². The molecule has 1 aromatic rings. The van der Waals surface area contributed by atoms with Gasteiger partial charge in [-0.15, -0.1) is 0 Å². The van der Waals surface area contributed by atoms with Crippen LogP contribution in [0.1, 0.15) is 40.5 Å². The van der Waals surface area contributed by atoms with Crippen LogP contribution in [-0.4, -0.2) is 26.2 Å². The standard InChI is InChI=1S/C17H29FN2/c1-5-17(6-2,13-19-7-3)14-20(8-4)16-11-9-10-15(18)12-16/h9-12,19H,5-8,13-14H2,1-4H3. The normalized spacial score (nSPS) is 11.7. The van der Waals surface area contributed by atoms with Gasteiger partial charge in [0.1, 0.15) is 5.82 Å². The van der Waals surface area contributed by atoms with E-state index in [0.717, 1.165) is 44.7 Å². The highest BCUT2D eigenvalue weighted by atomic mass is 19.1. The summed E-state index contributed by atoms with van der Waals surface area (Å²) in [7, 11) is 0. The molecule has 1 rings (SSSR count). The van der Waals surface area contributed by atoms with Gasteiger partial charge in [-0.3, -0.25) is 0 Å². The number of hydrogen-bond acceptors (Lipinski definition) is 2. The third kappa shape index (κ3) is 4.48. The summed E-state index contributed by atoms with van der Waals surface area (Å²) in [6.45, 7) is 12.6. The first kappa shape index (κ1) is 17.0. The van der Waals surface area contributed by atoms with Gasteiger partial charge in [-0.1, -0.05) is 26.8 Å². The van der Waals surface area contributed by atoms with Crippen molar-refractivity contribution in [2.75, 3.05) is 31.1 Å². The number of hydrogen-bond donors (Lipinski definition) is 1. The van der Waals surface area contributed by atoms with Crippen LogP contribution in [0.3, 0.4) is 0 Å². The molecule has 3 heteroatoms. The second-order valence-electron chi connectivity index (χ2n) is 5.48. The molecule has 0 aliphatic heterocycles. The van der Waals surface area contributed by atoms with Gasteiger partial charge in [-0.2, -0.15) is 0 Å². The van der Waals surface area contributed by atoms with Crippen LogP contribution in [0.4, 0.5) is 10.1 Å². The lowest BCUT2D eigenvalue weighted by atomic mass is 9.81. The Morgan fingerprint density at radius 1 is 1.15 bits per heavy atom. The average molecular weight is 280 g/mol. The van der Waals surface area contributed by atoms with Crippen molar-refractivity contribution in [2.24, 2.45) is 5.41 Å². The molecule has 20 heavy (non-hydrogen) atoms. The molecule has 0 saturated carbocycles. The van der Waals surface area contributed by atoms with Crippen molar-refractivity contribution < 1.29 is 4.39 Å². The number of nitrogens with one attached hydrogen (secondary N) is 1. The van der Waals surface area contributed by atoms with E-state index in [9.17, 15) is 4.39 Å². The van der Waals surface area contributed by atoms with Crippen LogP contribution in [0.2, 0.25) is 0 Å². The first-order valence-electron chi connectivity index (χ1n) is 7.82. The van der Waals surface area contributed by atoms with E-state index in [1.165, 1.54) is 6.07 Å². The Bertz CT molecular complexity index is 388. The van der Waals surface area contributed by atoms with Crippen LogP contribution < -0.4 is 10.2 Å². The molecule has 0 amide bonds. The zero-order valence-electron chi connectivity index (χ0n) is 13.4. The lowest BCUT2D eigenvalue weighted by Crippen LogP contribution is -2.43. The number of anilines is 1. The summed E-state index contributed by atoms with van der Waals surface area (Å²) in [5.74, 6) is -0.161. The molecule has 114 valence electrons. The summed E-state index contributed by atoms with van der Waals surface area (Å²) in [5.41, 5.74) is 1.23. The molecule has 0 fully saturated rings. The second kappa shape index (κ2) is 8.25. The van der Waals surface area contributed by atoms with Crippen LogP contribution >= 0.6 is 0 Å². The van der Waals surface area contributed by atoms with E-state index < -0.39 is 0 Å². The fraction of sp³-hybridized carbons (Fsp3) is 0.647. The molecule has 0 radical (unpaired) electrons.